The van der Waals surface area contributed by atoms with Crippen molar-refractivity contribution < 1.29 is 18.0 Å². The fourth-order valence-corrected chi connectivity index (χ4v) is 3.90. The van der Waals surface area contributed by atoms with E-state index in [0.717, 1.165) is 48.4 Å². The molecular weight excluding hydrogens is 381 g/mol. The summed E-state index contributed by atoms with van der Waals surface area (Å²) < 4.78 is 40.3. The maximum absolute atomic E-state index is 12.9. The molecule has 2 aromatic carbocycles. The van der Waals surface area contributed by atoms with Crippen molar-refractivity contribution in [3.8, 4) is 0 Å². The minimum absolute atomic E-state index is 0.170. The normalized spacial score (nSPS) is 17.1. The molecule has 1 aliphatic rings. The number of benzene rings is 2. The lowest BCUT2D eigenvalue weighted by molar-refractivity contribution is -0.137. The quantitative estimate of drug-likeness (QED) is 0.634. The van der Waals surface area contributed by atoms with Gasteiger partial charge in [-0.15, -0.1) is 0 Å². The van der Waals surface area contributed by atoms with Crippen molar-refractivity contribution in [1.82, 2.24) is 14.5 Å². The largest absolute Gasteiger partial charge is 0.416 e. The van der Waals surface area contributed by atoms with Crippen LogP contribution in [-0.2, 0) is 12.7 Å². The van der Waals surface area contributed by atoms with Gasteiger partial charge in [0.25, 0.3) is 0 Å². The van der Waals surface area contributed by atoms with E-state index in [4.69, 9.17) is 4.98 Å². The van der Waals surface area contributed by atoms with E-state index in [1.165, 1.54) is 12.1 Å². The van der Waals surface area contributed by atoms with Crippen LogP contribution < -0.4 is 5.32 Å². The third-order valence-corrected chi connectivity index (χ3v) is 5.28. The van der Waals surface area contributed by atoms with Gasteiger partial charge in [-0.25, -0.2) is 9.78 Å². The Morgan fingerprint density at radius 1 is 1.17 bits per heavy atom. The van der Waals surface area contributed by atoms with Crippen molar-refractivity contribution in [3.63, 3.8) is 0 Å². The molecule has 0 spiro atoms. The summed E-state index contributed by atoms with van der Waals surface area (Å²) in [6.45, 7) is 3.35. The SMILES string of the molecule is CCn1c(C2CCCN2C(=O)Nc2ccc(C(F)(F)F)cc2)nc2ccccc21. The van der Waals surface area contributed by atoms with Gasteiger partial charge in [-0.1, -0.05) is 12.1 Å². The number of carbonyl (C=O) groups excluding carboxylic acids is 1. The Hall–Kier alpha value is -3.03. The average molecular weight is 402 g/mol. The van der Waals surface area contributed by atoms with Gasteiger partial charge in [-0.2, -0.15) is 13.2 Å². The highest BCUT2D eigenvalue weighted by Crippen LogP contribution is 2.34. The number of urea groups is 1. The molecule has 8 heteroatoms. The number of carbonyl (C=O) groups is 1. The number of aryl methyl sites for hydroxylation is 1. The summed E-state index contributed by atoms with van der Waals surface area (Å²) in [5.41, 5.74) is 1.50. The van der Waals surface area contributed by atoms with Crippen LogP contribution in [0, 0.1) is 0 Å². The number of anilines is 1. The number of amides is 2. The number of alkyl halides is 3. The first-order valence-corrected chi connectivity index (χ1v) is 9.58. The topological polar surface area (TPSA) is 50.2 Å². The minimum atomic E-state index is -4.40. The van der Waals surface area contributed by atoms with Gasteiger partial charge in [0.2, 0.25) is 0 Å². The predicted molar refractivity (Wildman–Crippen MR) is 105 cm³/mol. The van der Waals surface area contributed by atoms with Gasteiger partial charge in [0.05, 0.1) is 22.6 Å². The Labute approximate surface area is 166 Å². The number of halogens is 3. The zero-order valence-corrected chi connectivity index (χ0v) is 15.9. The highest BCUT2D eigenvalue weighted by molar-refractivity contribution is 5.90. The van der Waals surface area contributed by atoms with E-state index in [1.807, 2.05) is 31.2 Å². The monoisotopic (exact) mass is 402 g/mol. The van der Waals surface area contributed by atoms with Crippen LogP contribution in [0.1, 0.15) is 37.2 Å². The van der Waals surface area contributed by atoms with Gasteiger partial charge in [-0.3, -0.25) is 0 Å². The highest BCUT2D eigenvalue weighted by atomic mass is 19.4. The second-order valence-electron chi connectivity index (χ2n) is 7.06. The standard InChI is InChI=1S/C21H21F3N4O/c1-2-27-17-7-4-3-6-16(17)26-19(27)18-8-5-13-28(18)20(29)25-15-11-9-14(10-12-15)21(22,23)24/h3-4,6-7,9-12,18H,2,5,8,13H2,1H3,(H,25,29). The molecule has 0 saturated carbocycles. The van der Waals surface area contributed by atoms with Gasteiger partial charge >= 0.3 is 12.2 Å². The Morgan fingerprint density at radius 2 is 1.90 bits per heavy atom. The lowest BCUT2D eigenvalue weighted by atomic mass is 10.2. The van der Waals surface area contributed by atoms with Crippen LogP contribution in [0.25, 0.3) is 11.0 Å². The molecule has 1 N–H and O–H groups in total. The summed E-state index contributed by atoms with van der Waals surface area (Å²) in [6.07, 6.45) is -2.76. The molecule has 1 unspecified atom stereocenters. The second-order valence-corrected chi connectivity index (χ2v) is 7.06. The maximum atomic E-state index is 12.9. The summed E-state index contributed by atoms with van der Waals surface area (Å²) in [5, 5.41) is 2.72. The molecule has 2 amide bonds. The zero-order chi connectivity index (χ0) is 20.6. The summed E-state index contributed by atoms with van der Waals surface area (Å²) in [4.78, 5) is 19.3. The van der Waals surface area contributed by atoms with E-state index in [1.54, 1.807) is 4.90 Å². The fraction of sp³-hybridized carbons (Fsp3) is 0.333. The number of likely N-dealkylation sites (tertiary alicyclic amines) is 1. The van der Waals surface area contributed by atoms with Crippen molar-refractivity contribution in [2.45, 2.75) is 38.5 Å². The Bertz CT molecular complexity index is 1030. The highest BCUT2D eigenvalue weighted by Gasteiger charge is 2.34. The third kappa shape index (κ3) is 3.66. The van der Waals surface area contributed by atoms with Crippen molar-refractivity contribution >= 4 is 22.8 Å². The van der Waals surface area contributed by atoms with Gasteiger partial charge in [-0.05, 0) is 56.2 Å². The van der Waals surface area contributed by atoms with E-state index >= 15 is 0 Å². The molecule has 1 fully saturated rings. The lowest BCUT2D eigenvalue weighted by Crippen LogP contribution is -2.35. The number of hydrogen-bond acceptors (Lipinski definition) is 2. The van der Waals surface area contributed by atoms with E-state index in [0.29, 0.717) is 12.2 Å². The molecule has 5 nitrogen and oxygen atoms in total. The van der Waals surface area contributed by atoms with Gasteiger partial charge in [0, 0.05) is 18.8 Å². The molecule has 4 rings (SSSR count). The molecular formula is C21H21F3N4O. The summed E-state index contributed by atoms with van der Waals surface area (Å²) in [6, 6.07) is 11.8. The number of rotatable bonds is 3. The first-order valence-electron chi connectivity index (χ1n) is 9.58. The van der Waals surface area contributed by atoms with Crippen molar-refractivity contribution in [2.75, 3.05) is 11.9 Å². The molecule has 1 aliphatic heterocycles. The van der Waals surface area contributed by atoms with E-state index < -0.39 is 11.7 Å². The van der Waals surface area contributed by atoms with Gasteiger partial charge < -0.3 is 14.8 Å². The zero-order valence-electron chi connectivity index (χ0n) is 15.9. The molecule has 29 heavy (non-hydrogen) atoms. The van der Waals surface area contributed by atoms with E-state index in [2.05, 4.69) is 9.88 Å². The Morgan fingerprint density at radius 3 is 2.59 bits per heavy atom. The van der Waals surface area contributed by atoms with Crippen LogP contribution in [0.3, 0.4) is 0 Å². The smallest absolute Gasteiger partial charge is 0.327 e. The fourth-order valence-electron chi connectivity index (χ4n) is 3.90. The van der Waals surface area contributed by atoms with Crippen LogP contribution in [0.5, 0.6) is 0 Å². The predicted octanol–water partition coefficient (Wildman–Crippen LogP) is 5.44. The molecule has 0 bridgehead atoms. The number of nitrogens with one attached hydrogen (secondary N) is 1. The number of aromatic nitrogens is 2. The van der Waals surface area contributed by atoms with Crippen LogP contribution in [-0.4, -0.2) is 27.0 Å². The van der Waals surface area contributed by atoms with Crippen LogP contribution >= 0.6 is 0 Å². The van der Waals surface area contributed by atoms with Gasteiger partial charge in [0.1, 0.15) is 5.82 Å². The van der Waals surface area contributed by atoms with Crippen molar-refractivity contribution in [2.24, 2.45) is 0 Å². The molecule has 0 aliphatic carbocycles. The third-order valence-electron chi connectivity index (χ3n) is 5.28. The molecule has 152 valence electrons. The van der Waals surface area contributed by atoms with E-state index in [-0.39, 0.29) is 12.1 Å². The number of fused-ring (bicyclic) bond motifs is 1. The first-order chi connectivity index (χ1) is 13.9. The van der Waals surface area contributed by atoms with Crippen LogP contribution in [0.4, 0.5) is 23.7 Å². The van der Waals surface area contributed by atoms with Gasteiger partial charge in [0.15, 0.2) is 0 Å². The lowest BCUT2D eigenvalue weighted by Gasteiger charge is -2.25. The molecule has 3 aromatic rings. The molecule has 0 radical (unpaired) electrons. The number of imidazole rings is 1. The number of nitrogens with zero attached hydrogens (tertiary/aromatic N) is 3. The van der Waals surface area contributed by atoms with Crippen LogP contribution in [0.15, 0.2) is 48.5 Å². The summed E-state index contributed by atoms with van der Waals surface area (Å²) in [7, 11) is 0. The molecule has 1 atom stereocenters. The Balaban J connectivity index is 1.56. The van der Waals surface area contributed by atoms with Crippen molar-refractivity contribution in [1.29, 1.82) is 0 Å². The molecule has 2 heterocycles. The molecule has 1 aromatic heterocycles. The average Bonchev–Trinajstić information content (AvgIpc) is 3.31. The Kier molecular flexibility index (Phi) is 4.94. The first kappa shape index (κ1) is 19.3. The summed E-state index contributed by atoms with van der Waals surface area (Å²) >= 11 is 0. The van der Waals surface area contributed by atoms with Crippen molar-refractivity contribution in [3.05, 3.63) is 59.9 Å². The summed E-state index contributed by atoms with van der Waals surface area (Å²) in [5.74, 6) is 0.841. The number of para-hydroxylation sites is 2. The maximum Gasteiger partial charge on any atom is 0.416 e. The van der Waals surface area contributed by atoms with Crippen LogP contribution in [0.2, 0.25) is 0 Å². The number of hydrogen-bond donors (Lipinski definition) is 1. The van der Waals surface area contributed by atoms with E-state index in [9.17, 15) is 18.0 Å². The minimum Gasteiger partial charge on any atom is -0.327 e. The second kappa shape index (κ2) is 7.42. The molecule has 1 saturated heterocycles.